The lowest BCUT2D eigenvalue weighted by molar-refractivity contribution is 0.340. The van der Waals surface area contributed by atoms with E-state index in [-0.39, 0.29) is 0 Å². The van der Waals surface area contributed by atoms with Gasteiger partial charge in [0.2, 0.25) is 0 Å². The van der Waals surface area contributed by atoms with Crippen LogP contribution in [0.15, 0.2) is 18.2 Å². The standard InChI is InChI=1S/C15H26N2O/c1-5-11(3)7-12(4)17-14-8-13(16)9-15(10-14)18-6-2/h8-12,17H,5-7,16H2,1-4H3. The van der Waals surface area contributed by atoms with E-state index in [4.69, 9.17) is 10.5 Å². The zero-order valence-electron chi connectivity index (χ0n) is 12.0. The summed E-state index contributed by atoms with van der Waals surface area (Å²) in [6.45, 7) is 9.34. The van der Waals surface area contributed by atoms with Crippen molar-refractivity contribution in [3.8, 4) is 5.75 Å². The molecular weight excluding hydrogens is 224 g/mol. The average molecular weight is 250 g/mol. The summed E-state index contributed by atoms with van der Waals surface area (Å²) in [4.78, 5) is 0. The van der Waals surface area contributed by atoms with Crippen molar-refractivity contribution in [2.24, 2.45) is 5.92 Å². The molecule has 0 heterocycles. The molecule has 0 spiro atoms. The molecule has 0 fully saturated rings. The summed E-state index contributed by atoms with van der Waals surface area (Å²) in [7, 11) is 0. The molecule has 3 heteroatoms. The molecule has 2 unspecified atom stereocenters. The molecule has 1 rings (SSSR count). The molecule has 3 N–H and O–H groups in total. The van der Waals surface area contributed by atoms with Gasteiger partial charge in [0.05, 0.1) is 6.61 Å². The monoisotopic (exact) mass is 250 g/mol. The number of hydrogen-bond donors (Lipinski definition) is 2. The van der Waals surface area contributed by atoms with Crippen molar-refractivity contribution in [3.05, 3.63) is 18.2 Å². The van der Waals surface area contributed by atoms with Crippen LogP contribution in [0.1, 0.15) is 40.5 Å². The molecule has 1 aromatic carbocycles. The zero-order valence-corrected chi connectivity index (χ0v) is 12.0. The maximum Gasteiger partial charge on any atom is 0.123 e. The van der Waals surface area contributed by atoms with Crippen molar-refractivity contribution in [1.29, 1.82) is 0 Å². The van der Waals surface area contributed by atoms with Gasteiger partial charge in [-0.05, 0) is 32.3 Å². The Morgan fingerprint density at radius 3 is 2.56 bits per heavy atom. The van der Waals surface area contributed by atoms with E-state index in [1.165, 1.54) is 6.42 Å². The fourth-order valence-corrected chi connectivity index (χ4v) is 2.07. The van der Waals surface area contributed by atoms with E-state index in [0.29, 0.717) is 12.6 Å². The second kappa shape index (κ2) is 7.14. The lowest BCUT2D eigenvalue weighted by Gasteiger charge is -2.19. The molecule has 0 saturated carbocycles. The van der Waals surface area contributed by atoms with Crippen LogP contribution < -0.4 is 15.8 Å². The SMILES string of the molecule is CCOc1cc(N)cc(NC(C)CC(C)CC)c1. The lowest BCUT2D eigenvalue weighted by atomic mass is 10.0. The van der Waals surface area contributed by atoms with Gasteiger partial charge in [-0.2, -0.15) is 0 Å². The average Bonchev–Trinajstić information content (AvgIpc) is 2.28. The van der Waals surface area contributed by atoms with Gasteiger partial charge in [-0.3, -0.25) is 0 Å². The number of benzene rings is 1. The Bertz CT molecular complexity index is 366. The highest BCUT2D eigenvalue weighted by atomic mass is 16.5. The van der Waals surface area contributed by atoms with Crippen molar-refractivity contribution in [1.82, 2.24) is 0 Å². The van der Waals surface area contributed by atoms with Crippen LogP contribution in [0, 0.1) is 5.92 Å². The molecule has 3 nitrogen and oxygen atoms in total. The molecule has 0 aromatic heterocycles. The molecule has 0 bridgehead atoms. The van der Waals surface area contributed by atoms with Crippen LogP contribution in [0.3, 0.4) is 0 Å². The Morgan fingerprint density at radius 2 is 1.94 bits per heavy atom. The predicted molar refractivity (Wildman–Crippen MR) is 79.2 cm³/mol. The van der Waals surface area contributed by atoms with Crippen LogP contribution in [0.25, 0.3) is 0 Å². The summed E-state index contributed by atoms with van der Waals surface area (Å²) >= 11 is 0. The molecule has 1 aromatic rings. The molecule has 0 radical (unpaired) electrons. The first-order valence-electron chi connectivity index (χ1n) is 6.85. The number of rotatable bonds is 7. The fourth-order valence-electron chi connectivity index (χ4n) is 2.07. The van der Waals surface area contributed by atoms with Crippen LogP contribution in [-0.4, -0.2) is 12.6 Å². The fraction of sp³-hybridized carbons (Fsp3) is 0.600. The summed E-state index contributed by atoms with van der Waals surface area (Å²) in [5.41, 5.74) is 7.64. The van der Waals surface area contributed by atoms with Gasteiger partial charge in [0.15, 0.2) is 0 Å². The first kappa shape index (κ1) is 14.7. The van der Waals surface area contributed by atoms with Crippen molar-refractivity contribution < 1.29 is 4.74 Å². The summed E-state index contributed by atoms with van der Waals surface area (Å²) < 4.78 is 5.49. The lowest BCUT2D eigenvalue weighted by Crippen LogP contribution is -2.18. The minimum atomic E-state index is 0.441. The van der Waals surface area contributed by atoms with Crippen molar-refractivity contribution in [2.45, 2.75) is 46.6 Å². The number of nitrogens with two attached hydrogens (primary N) is 1. The van der Waals surface area contributed by atoms with E-state index in [1.807, 2.05) is 25.1 Å². The number of ether oxygens (including phenoxy) is 1. The number of anilines is 2. The van der Waals surface area contributed by atoms with Gasteiger partial charge in [0, 0.05) is 29.5 Å². The summed E-state index contributed by atoms with van der Waals surface area (Å²) in [6.07, 6.45) is 2.38. The van der Waals surface area contributed by atoms with E-state index in [0.717, 1.165) is 29.5 Å². The maximum atomic E-state index is 5.87. The molecule has 102 valence electrons. The van der Waals surface area contributed by atoms with E-state index >= 15 is 0 Å². The quantitative estimate of drug-likeness (QED) is 0.721. The van der Waals surface area contributed by atoms with Crippen LogP contribution in [0.5, 0.6) is 5.75 Å². The van der Waals surface area contributed by atoms with Crippen LogP contribution in [0.4, 0.5) is 11.4 Å². The number of hydrogen-bond acceptors (Lipinski definition) is 3. The molecular formula is C15H26N2O. The van der Waals surface area contributed by atoms with Crippen LogP contribution in [-0.2, 0) is 0 Å². The summed E-state index contributed by atoms with van der Waals surface area (Å²) in [5, 5.41) is 3.49. The number of nitrogens with one attached hydrogen (secondary N) is 1. The Hall–Kier alpha value is -1.38. The van der Waals surface area contributed by atoms with E-state index in [2.05, 4.69) is 26.1 Å². The minimum absolute atomic E-state index is 0.441. The highest BCUT2D eigenvalue weighted by Crippen LogP contribution is 2.24. The predicted octanol–water partition coefficient (Wildman–Crippen LogP) is 3.90. The molecule has 0 aliphatic heterocycles. The summed E-state index contributed by atoms with van der Waals surface area (Å²) in [5.74, 6) is 1.57. The third-order valence-electron chi connectivity index (χ3n) is 3.11. The largest absolute Gasteiger partial charge is 0.494 e. The van der Waals surface area contributed by atoms with Crippen LogP contribution in [0.2, 0.25) is 0 Å². The zero-order chi connectivity index (χ0) is 13.5. The van der Waals surface area contributed by atoms with E-state index < -0.39 is 0 Å². The van der Waals surface area contributed by atoms with Gasteiger partial charge in [-0.1, -0.05) is 20.3 Å². The Kier molecular flexibility index (Phi) is 5.83. The molecule has 2 atom stereocenters. The topological polar surface area (TPSA) is 47.3 Å². The van der Waals surface area contributed by atoms with Gasteiger partial charge >= 0.3 is 0 Å². The van der Waals surface area contributed by atoms with Crippen molar-refractivity contribution in [2.75, 3.05) is 17.7 Å². The highest BCUT2D eigenvalue weighted by Gasteiger charge is 2.08. The molecule has 0 aliphatic rings. The molecule has 0 aliphatic carbocycles. The normalized spacial score (nSPS) is 14.0. The molecule has 0 amide bonds. The third kappa shape index (κ3) is 4.86. The van der Waals surface area contributed by atoms with Gasteiger partial charge in [0.1, 0.15) is 5.75 Å². The molecule has 18 heavy (non-hydrogen) atoms. The van der Waals surface area contributed by atoms with Gasteiger partial charge in [-0.15, -0.1) is 0 Å². The van der Waals surface area contributed by atoms with Gasteiger partial charge < -0.3 is 15.8 Å². The number of nitrogen functional groups attached to an aromatic ring is 1. The van der Waals surface area contributed by atoms with E-state index in [9.17, 15) is 0 Å². The first-order chi connectivity index (χ1) is 8.55. The van der Waals surface area contributed by atoms with Crippen molar-refractivity contribution in [3.63, 3.8) is 0 Å². The Morgan fingerprint density at radius 1 is 1.22 bits per heavy atom. The Labute approximate surface area is 111 Å². The highest BCUT2D eigenvalue weighted by molar-refractivity contribution is 5.59. The first-order valence-corrected chi connectivity index (χ1v) is 6.85. The minimum Gasteiger partial charge on any atom is -0.494 e. The summed E-state index contributed by atoms with van der Waals surface area (Å²) in [6, 6.07) is 6.26. The van der Waals surface area contributed by atoms with Gasteiger partial charge in [0.25, 0.3) is 0 Å². The smallest absolute Gasteiger partial charge is 0.123 e. The molecule has 0 saturated heterocycles. The van der Waals surface area contributed by atoms with Crippen molar-refractivity contribution >= 4 is 11.4 Å². The van der Waals surface area contributed by atoms with Gasteiger partial charge in [-0.25, -0.2) is 0 Å². The Balaban J connectivity index is 2.65. The second-order valence-electron chi connectivity index (χ2n) is 5.02. The van der Waals surface area contributed by atoms with Crippen LogP contribution >= 0.6 is 0 Å². The third-order valence-corrected chi connectivity index (χ3v) is 3.11. The maximum absolute atomic E-state index is 5.87. The second-order valence-corrected chi connectivity index (χ2v) is 5.02. The van der Waals surface area contributed by atoms with E-state index in [1.54, 1.807) is 0 Å².